The van der Waals surface area contributed by atoms with Gasteiger partial charge in [-0.2, -0.15) is 0 Å². The molecule has 1 amide bonds. The van der Waals surface area contributed by atoms with Crippen molar-refractivity contribution in [2.75, 3.05) is 0 Å². The van der Waals surface area contributed by atoms with Crippen LogP contribution in [0.2, 0.25) is 0 Å². The van der Waals surface area contributed by atoms with E-state index in [1.165, 1.54) is 12.8 Å². The molecule has 14 heavy (non-hydrogen) atoms. The summed E-state index contributed by atoms with van der Waals surface area (Å²) in [6, 6.07) is 0.337. The summed E-state index contributed by atoms with van der Waals surface area (Å²) in [4.78, 5) is 11.4. The SMILES string of the molecule is C=C(C)C(=O)NC(CCC)CCCC. The monoisotopic (exact) mass is 197 g/mol. The minimum absolute atomic E-state index is 0.000414. The minimum Gasteiger partial charge on any atom is -0.350 e. The van der Waals surface area contributed by atoms with Crippen LogP contribution in [0.25, 0.3) is 0 Å². The van der Waals surface area contributed by atoms with Crippen LogP contribution in [0.3, 0.4) is 0 Å². The third-order valence-corrected chi connectivity index (χ3v) is 2.27. The van der Waals surface area contributed by atoms with Crippen molar-refractivity contribution >= 4 is 5.91 Å². The van der Waals surface area contributed by atoms with Gasteiger partial charge in [0.05, 0.1) is 0 Å². The summed E-state index contributed by atoms with van der Waals surface area (Å²) in [6.07, 6.45) is 5.64. The number of carbonyl (C=O) groups excluding carboxylic acids is 1. The average Bonchev–Trinajstić information content (AvgIpc) is 2.14. The van der Waals surface area contributed by atoms with Gasteiger partial charge < -0.3 is 5.32 Å². The van der Waals surface area contributed by atoms with Gasteiger partial charge >= 0.3 is 0 Å². The van der Waals surface area contributed by atoms with E-state index in [1.807, 2.05) is 0 Å². The van der Waals surface area contributed by atoms with Crippen molar-refractivity contribution in [1.82, 2.24) is 5.32 Å². The van der Waals surface area contributed by atoms with Gasteiger partial charge in [-0.05, 0) is 19.8 Å². The van der Waals surface area contributed by atoms with Crippen molar-refractivity contribution in [2.45, 2.75) is 58.9 Å². The fourth-order valence-corrected chi connectivity index (χ4v) is 1.40. The maximum absolute atomic E-state index is 11.4. The number of nitrogens with one attached hydrogen (secondary N) is 1. The Labute approximate surface area is 87.8 Å². The second-order valence-corrected chi connectivity index (χ2v) is 3.88. The minimum atomic E-state index is -0.000414. The molecule has 0 aromatic rings. The van der Waals surface area contributed by atoms with Gasteiger partial charge in [-0.3, -0.25) is 4.79 Å². The van der Waals surface area contributed by atoms with E-state index in [2.05, 4.69) is 25.7 Å². The molecule has 2 nitrogen and oxygen atoms in total. The molecule has 0 aromatic carbocycles. The standard InChI is InChI=1S/C12H23NO/c1-5-7-9-11(8-6-2)13-12(14)10(3)4/h11H,3,5-9H2,1-2,4H3,(H,13,14). The highest BCUT2D eigenvalue weighted by atomic mass is 16.1. The zero-order valence-electron chi connectivity index (χ0n) is 9.73. The summed E-state index contributed by atoms with van der Waals surface area (Å²) in [5, 5.41) is 3.01. The van der Waals surface area contributed by atoms with E-state index >= 15 is 0 Å². The Hall–Kier alpha value is -0.790. The number of hydrogen-bond donors (Lipinski definition) is 1. The van der Waals surface area contributed by atoms with Crippen LogP contribution >= 0.6 is 0 Å². The smallest absolute Gasteiger partial charge is 0.246 e. The molecule has 0 heterocycles. The van der Waals surface area contributed by atoms with Crippen molar-refractivity contribution < 1.29 is 4.79 Å². The van der Waals surface area contributed by atoms with Crippen molar-refractivity contribution in [3.05, 3.63) is 12.2 Å². The zero-order valence-corrected chi connectivity index (χ0v) is 9.73. The lowest BCUT2D eigenvalue weighted by molar-refractivity contribution is -0.118. The first-order valence-electron chi connectivity index (χ1n) is 5.58. The van der Waals surface area contributed by atoms with Crippen LogP contribution in [-0.4, -0.2) is 11.9 Å². The summed E-state index contributed by atoms with van der Waals surface area (Å²) >= 11 is 0. The van der Waals surface area contributed by atoms with E-state index in [-0.39, 0.29) is 5.91 Å². The van der Waals surface area contributed by atoms with E-state index in [1.54, 1.807) is 6.92 Å². The molecule has 1 N–H and O–H groups in total. The summed E-state index contributed by atoms with van der Waals surface area (Å²) in [5.41, 5.74) is 0.600. The molecule has 2 heteroatoms. The molecule has 1 atom stereocenters. The first-order chi connectivity index (χ1) is 6.61. The van der Waals surface area contributed by atoms with Crippen molar-refractivity contribution in [1.29, 1.82) is 0 Å². The van der Waals surface area contributed by atoms with Gasteiger partial charge in [0.2, 0.25) is 5.91 Å². The van der Waals surface area contributed by atoms with Crippen molar-refractivity contribution in [2.24, 2.45) is 0 Å². The van der Waals surface area contributed by atoms with Gasteiger partial charge in [-0.15, -0.1) is 0 Å². The van der Waals surface area contributed by atoms with Crippen LogP contribution in [0.4, 0.5) is 0 Å². The summed E-state index contributed by atoms with van der Waals surface area (Å²) in [7, 11) is 0. The van der Waals surface area contributed by atoms with Crippen LogP contribution in [0.5, 0.6) is 0 Å². The normalized spacial score (nSPS) is 12.2. The second-order valence-electron chi connectivity index (χ2n) is 3.88. The molecule has 0 saturated carbocycles. The van der Waals surface area contributed by atoms with Gasteiger partial charge in [0.15, 0.2) is 0 Å². The molecule has 0 aromatic heterocycles. The highest BCUT2D eigenvalue weighted by Crippen LogP contribution is 2.07. The third kappa shape index (κ3) is 5.79. The van der Waals surface area contributed by atoms with Crippen LogP contribution in [0.1, 0.15) is 52.9 Å². The highest BCUT2D eigenvalue weighted by molar-refractivity contribution is 5.92. The first-order valence-corrected chi connectivity index (χ1v) is 5.58. The maximum Gasteiger partial charge on any atom is 0.246 e. The number of rotatable bonds is 7. The third-order valence-electron chi connectivity index (χ3n) is 2.27. The summed E-state index contributed by atoms with van der Waals surface area (Å²) < 4.78 is 0. The van der Waals surface area contributed by atoms with Gasteiger partial charge in [-0.25, -0.2) is 0 Å². The molecule has 0 aliphatic heterocycles. The second kappa shape index (κ2) is 7.60. The van der Waals surface area contributed by atoms with Crippen LogP contribution in [-0.2, 0) is 4.79 Å². The Balaban J connectivity index is 3.94. The molecule has 0 fully saturated rings. The molecular formula is C12H23NO. The predicted molar refractivity (Wildman–Crippen MR) is 61.2 cm³/mol. The number of hydrogen-bond acceptors (Lipinski definition) is 1. The zero-order chi connectivity index (χ0) is 11.0. The molecule has 0 spiro atoms. The van der Waals surface area contributed by atoms with Crippen LogP contribution in [0, 0.1) is 0 Å². The molecule has 0 saturated heterocycles. The Kier molecular flexibility index (Phi) is 7.17. The number of unbranched alkanes of at least 4 members (excludes halogenated alkanes) is 1. The molecule has 0 aliphatic carbocycles. The number of amides is 1. The Morgan fingerprint density at radius 2 is 1.93 bits per heavy atom. The maximum atomic E-state index is 11.4. The quantitative estimate of drug-likeness (QED) is 0.624. The lowest BCUT2D eigenvalue weighted by Gasteiger charge is -2.17. The van der Waals surface area contributed by atoms with Crippen LogP contribution in [0.15, 0.2) is 12.2 Å². The van der Waals surface area contributed by atoms with Crippen LogP contribution < -0.4 is 5.32 Å². The average molecular weight is 197 g/mol. The van der Waals surface area contributed by atoms with E-state index in [0.29, 0.717) is 11.6 Å². The number of carbonyl (C=O) groups is 1. The Morgan fingerprint density at radius 3 is 2.36 bits per heavy atom. The lowest BCUT2D eigenvalue weighted by atomic mass is 10.0. The van der Waals surface area contributed by atoms with Gasteiger partial charge in [0.25, 0.3) is 0 Å². The molecule has 82 valence electrons. The van der Waals surface area contributed by atoms with Crippen molar-refractivity contribution in [3.63, 3.8) is 0 Å². The Morgan fingerprint density at radius 1 is 1.29 bits per heavy atom. The van der Waals surface area contributed by atoms with E-state index < -0.39 is 0 Å². The summed E-state index contributed by atoms with van der Waals surface area (Å²) in [5.74, 6) is -0.000414. The molecule has 0 bridgehead atoms. The topological polar surface area (TPSA) is 29.1 Å². The molecule has 1 unspecified atom stereocenters. The summed E-state index contributed by atoms with van der Waals surface area (Å²) in [6.45, 7) is 9.70. The first kappa shape index (κ1) is 13.2. The fraction of sp³-hybridized carbons (Fsp3) is 0.750. The van der Waals surface area contributed by atoms with Crippen molar-refractivity contribution in [3.8, 4) is 0 Å². The molecule has 0 aliphatic rings. The highest BCUT2D eigenvalue weighted by Gasteiger charge is 2.10. The Bertz CT molecular complexity index is 187. The van der Waals surface area contributed by atoms with E-state index in [9.17, 15) is 4.79 Å². The molecule has 0 radical (unpaired) electrons. The largest absolute Gasteiger partial charge is 0.350 e. The predicted octanol–water partition coefficient (Wildman–Crippen LogP) is 3.04. The molecular weight excluding hydrogens is 174 g/mol. The lowest BCUT2D eigenvalue weighted by Crippen LogP contribution is -2.35. The van der Waals surface area contributed by atoms with Gasteiger partial charge in [0, 0.05) is 11.6 Å². The van der Waals surface area contributed by atoms with E-state index in [0.717, 1.165) is 19.3 Å². The van der Waals surface area contributed by atoms with Gasteiger partial charge in [0.1, 0.15) is 0 Å². The van der Waals surface area contributed by atoms with E-state index in [4.69, 9.17) is 0 Å². The molecule has 0 rings (SSSR count). The fourth-order valence-electron chi connectivity index (χ4n) is 1.40. The van der Waals surface area contributed by atoms with Gasteiger partial charge in [-0.1, -0.05) is 39.7 Å².